The van der Waals surface area contributed by atoms with E-state index in [1.165, 1.54) is 11.3 Å². The molecule has 1 fully saturated rings. The fourth-order valence-corrected chi connectivity index (χ4v) is 3.49. The van der Waals surface area contributed by atoms with Gasteiger partial charge in [0.25, 0.3) is 0 Å². The molecule has 0 radical (unpaired) electrons. The molecular weight excluding hydrogens is 364 g/mol. The molecule has 9 heteroatoms. The van der Waals surface area contributed by atoms with Gasteiger partial charge in [0.2, 0.25) is 5.71 Å². The van der Waals surface area contributed by atoms with Crippen molar-refractivity contribution >= 4 is 40.1 Å². The summed E-state index contributed by atoms with van der Waals surface area (Å²) in [5.74, 6) is 0.847. The van der Waals surface area contributed by atoms with Crippen molar-refractivity contribution < 1.29 is 9.08 Å². The van der Waals surface area contributed by atoms with E-state index < -0.39 is 5.63 Å². The molecule has 3 aromatic rings. The van der Waals surface area contributed by atoms with Gasteiger partial charge in [-0.05, 0) is 25.1 Å². The van der Waals surface area contributed by atoms with Gasteiger partial charge in [-0.25, -0.2) is 9.78 Å². The van der Waals surface area contributed by atoms with E-state index in [1.54, 1.807) is 0 Å². The standard InChI is InChI=1S/C16H16N4O2S.ClHO/c1-10-9-23-15(18-10)12-8-11-2-3-13(19-14(11)22-16(12)21)20-6-4-17-5-7-20;1-2/h2-3,8-9,17H,4-7H2,1H3;2H. The lowest BCUT2D eigenvalue weighted by molar-refractivity contribution is 0.548. The van der Waals surface area contributed by atoms with Gasteiger partial charge in [0.1, 0.15) is 10.8 Å². The third-order valence-electron chi connectivity index (χ3n) is 3.87. The largest absolute Gasteiger partial charge is 0.403 e. The summed E-state index contributed by atoms with van der Waals surface area (Å²) in [6.45, 7) is 5.58. The molecule has 1 aliphatic rings. The molecule has 0 atom stereocenters. The number of aromatic nitrogens is 2. The van der Waals surface area contributed by atoms with E-state index in [2.05, 4.69) is 32.1 Å². The maximum Gasteiger partial charge on any atom is 0.347 e. The molecule has 4 rings (SSSR count). The highest BCUT2D eigenvalue weighted by molar-refractivity contribution is 7.13. The van der Waals surface area contributed by atoms with Crippen molar-refractivity contribution in [3.63, 3.8) is 0 Å². The number of nitrogens with zero attached hydrogens (tertiary/aromatic N) is 3. The molecule has 1 aliphatic heterocycles. The first-order chi connectivity index (χ1) is 12.2. The van der Waals surface area contributed by atoms with Crippen LogP contribution in [-0.4, -0.2) is 40.8 Å². The van der Waals surface area contributed by atoms with Crippen LogP contribution in [0, 0.1) is 6.92 Å². The molecule has 25 heavy (non-hydrogen) atoms. The number of hydrogen-bond donors (Lipinski definition) is 2. The van der Waals surface area contributed by atoms with Crippen molar-refractivity contribution in [3.05, 3.63) is 39.7 Å². The minimum atomic E-state index is -0.392. The fraction of sp³-hybridized carbons (Fsp3) is 0.312. The Kier molecular flexibility index (Phi) is 5.64. The van der Waals surface area contributed by atoms with Crippen molar-refractivity contribution in [2.75, 3.05) is 31.1 Å². The number of fused-ring (bicyclic) bond motifs is 1. The van der Waals surface area contributed by atoms with Crippen LogP contribution in [0.5, 0.6) is 0 Å². The van der Waals surface area contributed by atoms with Crippen LogP contribution >= 0.6 is 23.2 Å². The second-order valence-electron chi connectivity index (χ2n) is 5.54. The summed E-state index contributed by atoms with van der Waals surface area (Å²) in [7, 11) is 0. The Balaban J connectivity index is 0.000000880. The minimum absolute atomic E-state index is 0.378. The van der Waals surface area contributed by atoms with Crippen molar-refractivity contribution in [2.45, 2.75) is 6.92 Å². The van der Waals surface area contributed by atoms with Gasteiger partial charge in [0.05, 0.1) is 17.4 Å². The predicted octanol–water partition coefficient (Wildman–Crippen LogP) is 2.16. The second-order valence-corrected chi connectivity index (χ2v) is 6.40. The lowest BCUT2D eigenvalue weighted by Gasteiger charge is -2.28. The zero-order valence-electron chi connectivity index (χ0n) is 13.5. The lowest BCUT2D eigenvalue weighted by atomic mass is 10.2. The van der Waals surface area contributed by atoms with Crippen LogP contribution in [0.2, 0.25) is 0 Å². The van der Waals surface area contributed by atoms with Gasteiger partial charge in [0.15, 0.2) is 0 Å². The molecule has 0 unspecified atom stereocenters. The number of piperazine rings is 1. The highest BCUT2D eigenvalue weighted by atomic mass is 35.5. The van der Waals surface area contributed by atoms with Gasteiger partial charge in [0, 0.05) is 42.6 Å². The average Bonchev–Trinajstić information content (AvgIpc) is 3.09. The van der Waals surface area contributed by atoms with Crippen LogP contribution in [0.15, 0.2) is 32.8 Å². The monoisotopic (exact) mass is 380 g/mol. The first-order valence-electron chi connectivity index (χ1n) is 7.71. The van der Waals surface area contributed by atoms with Crippen molar-refractivity contribution in [2.24, 2.45) is 0 Å². The predicted molar refractivity (Wildman–Crippen MR) is 99.3 cm³/mol. The maximum absolute atomic E-state index is 12.3. The van der Waals surface area contributed by atoms with Crippen LogP contribution in [0.4, 0.5) is 5.82 Å². The molecule has 0 amide bonds. The molecule has 132 valence electrons. The Morgan fingerprint density at radius 3 is 2.72 bits per heavy atom. The Morgan fingerprint density at radius 1 is 1.28 bits per heavy atom. The Morgan fingerprint density at radius 2 is 2.04 bits per heavy atom. The van der Waals surface area contributed by atoms with E-state index in [-0.39, 0.29) is 0 Å². The number of aryl methyl sites for hydroxylation is 1. The number of nitrogens with one attached hydrogen (secondary N) is 1. The third kappa shape index (κ3) is 3.82. The molecule has 1 saturated heterocycles. The molecule has 0 spiro atoms. The summed E-state index contributed by atoms with van der Waals surface area (Å²) < 4.78 is 11.9. The van der Waals surface area contributed by atoms with Gasteiger partial charge in [-0.15, -0.1) is 11.3 Å². The number of halogens is 1. The summed E-state index contributed by atoms with van der Waals surface area (Å²) in [4.78, 5) is 23.3. The molecule has 0 aromatic carbocycles. The Bertz CT molecular complexity index is 921. The van der Waals surface area contributed by atoms with Gasteiger partial charge >= 0.3 is 5.63 Å². The highest BCUT2D eigenvalue weighted by Gasteiger charge is 2.15. The third-order valence-corrected chi connectivity index (χ3v) is 4.87. The maximum atomic E-state index is 12.3. The van der Waals surface area contributed by atoms with E-state index in [4.69, 9.17) is 9.08 Å². The number of hydrogen-bond acceptors (Lipinski definition) is 8. The first-order valence-corrected chi connectivity index (χ1v) is 8.92. The quantitative estimate of drug-likeness (QED) is 0.703. The SMILES string of the molecule is Cc1csc(-c2cc3ccc(N4CCNCC4)nc3oc2=O)n1.OCl. The summed E-state index contributed by atoms with van der Waals surface area (Å²) >= 11 is 5.08. The molecule has 0 saturated carbocycles. The van der Waals surface area contributed by atoms with Crippen LogP contribution < -0.4 is 15.8 Å². The van der Waals surface area contributed by atoms with Crippen LogP contribution in [-0.2, 0) is 0 Å². The zero-order chi connectivity index (χ0) is 17.8. The van der Waals surface area contributed by atoms with E-state index in [0.29, 0.717) is 16.3 Å². The van der Waals surface area contributed by atoms with Gasteiger partial charge in [-0.3, -0.25) is 4.66 Å². The van der Waals surface area contributed by atoms with Gasteiger partial charge in [-0.1, -0.05) is 0 Å². The second kappa shape index (κ2) is 7.92. The van der Waals surface area contributed by atoms with Crippen LogP contribution in [0.1, 0.15) is 5.69 Å². The summed E-state index contributed by atoms with van der Waals surface area (Å²) in [5.41, 5.74) is 1.38. The van der Waals surface area contributed by atoms with E-state index in [9.17, 15) is 4.79 Å². The average molecular weight is 381 g/mol. The van der Waals surface area contributed by atoms with Crippen molar-refractivity contribution in [1.29, 1.82) is 0 Å². The number of thiazole rings is 1. The summed E-state index contributed by atoms with van der Waals surface area (Å²) in [6, 6.07) is 5.74. The summed E-state index contributed by atoms with van der Waals surface area (Å²) in [5, 5.41) is 6.73. The highest BCUT2D eigenvalue weighted by Crippen LogP contribution is 2.25. The molecule has 0 bridgehead atoms. The molecular formula is C16H17ClN4O3S. The van der Waals surface area contributed by atoms with E-state index in [1.807, 2.05) is 30.5 Å². The van der Waals surface area contributed by atoms with Crippen molar-refractivity contribution in [3.8, 4) is 10.6 Å². The minimum Gasteiger partial charge on any atom is -0.403 e. The lowest BCUT2D eigenvalue weighted by Crippen LogP contribution is -2.43. The van der Waals surface area contributed by atoms with Crippen LogP contribution in [0.25, 0.3) is 21.7 Å². The Hall–Kier alpha value is -2.00. The normalized spacial score (nSPS) is 14.3. The number of rotatable bonds is 2. The number of pyridine rings is 1. The molecule has 3 aromatic heterocycles. The molecule has 7 nitrogen and oxygen atoms in total. The Labute approximate surface area is 153 Å². The topological polar surface area (TPSA) is 91.5 Å². The van der Waals surface area contributed by atoms with Gasteiger partial charge in [-0.2, -0.15) is 4.98 Å². The zero-order valence-corrected chi connectivity index (χ0v) is 15.1. The first kappa shape index (κ1) is 17.8. The van der Waals surface area contributed by atoms with Gasteiger partial charge < -0.3 is 14.6 Å². The molecule has 0 aliphatic carbocycles. The van der Waals surface area contributed by atoms with E-state index in [0.717, 1.165) is 43.1 Å². The van der Waals surface area contributed by atoms with Crippen LogP contribution in [0.3, 0.4) is 0 Å². The summed E-state index contributed by atoms with van der Waals surface area (Å²) in [6.07, 6.45) is 0. The molecule has 4 heterocycles. The smallest absolute Gasteiger partial charge is 0.347 e. The fourth-order valence-electron chi connectivity index (χ4n) is 2.69. The molecule has 2 N–H and O–H groups in total. The van der Waals surface area contributed by atoms with Crippen molar-refractivity contribution in [1.82, 2.24) is 15.3 Å². The van der Waals surface area contributed by atoms with E-state index >= 15 is 0 Å². The number of anilines is 1.